The van der Waals surface area contributed by atoms with Gasteiger partial charge >= 0.3 is 0 Å². The first-order chi connectivity index (χ1) is 12.5. The standard InChI is InChI=1S/C20H20F4O2/c1-25-16-10-9-14(18(22)20(16)24)13-7-5-12(6-8-13)11-26-17-4-2-3-15(21)19(17)23/h2-4,9-10,12-13H,5-8,11H2,1H3. The van der Waals surface area contributed by atoms with Crippen LogP contribution in [0.1, 0.15) is 37.2 Å². The van der Waals surface area contributed by atoms with E-state index in [4.69, 9.17) is 9.47 Å². The normalized spacial score (nSPS) is 20.0. The minimum Gasteiger partial charge on any atom is -0.494 e. The molecular weight excluding hydrogens is 348 g/mol. The van der Waals surface area contributed by atoms with Crippen LogP contribution < -0.4 is 9.47 Å². The molecular formula is C20H20F4O2. The van der Waals surface area contributed by atoms with Gasteiger partial charge in [0, 0.05) is 0 Å². The Bertz CT molecular complexity index is 771. The van der Waals surface area contributed by atoms with Gasteiger partial charge in [0.1, 0.15) is 0 Å². The second kappa shape index (κ2) is 7.98. The van der Waals surface area contributed by atoms with Crippen LogP contribution in [0.3, 0.4) is 0 Å². The summed E-state index contributed by atoms with van der Waals surface area (Å²) < 4.78 is 65.1. The maximum atomic E-state index is 14.2. The first-order valence-electron chi connectivity index (χ1n) is 8.60. The summed E-state index contributed by atoms with van der Waals surface area (Å²) in [4.78, 5) is 0. The largest absolute Gasteiger partial charge is 0.494 e. The van der Waals surface area contributed by atoms with Gasteiger partial charge in [-0.15, -0.1) is 0 Å². The molecule has 0 spiro atoms. The van der Waals surface area contributed by atoms with Crippen LogP contribution in [0.25, 0.3) is 0 Å². The van der Waals surface area contributed by atoms with E-state index in [0.29, 0.717) is 18.4 Å². The van der Waals surface area contributed by atoms with Crippen LogP contribution in [-0.2, 0) is 0 Å². The van der Waals surface area contributed by atoms with E-state index in [1.807, 2.05) is 0 Å². The van der Waals surface area contributed by atoms with Gasteiger partial charge in [-0.2, -0.15) is 8.78 Å². The number of halogens is 4. The van der Waals surface area contributed by atoms with Crippen molar-refractivity contribution in [3.63, 3.8) is 0 Å². The number of hydrogen-bond donors (Lipinski definition) is 0. The summed E-state index contributed by atoms with van der Waals surface area (Å²) in [6.07, 6.45) is 2.86. The topological polar surface area (TPSA) is 18.5 Å². The summed E-state index contributed by atoms with van der Waals surface area (Å²) in [5.74, 6) is -3.86. The van der Waals surface area contributed by atoms with E-state index in [9.17, 15) is 17.6 Å². The minimum absolute atomic E-state index is 0.0717. The first kappa shape index (κ1) is 18.5. The van der Waals surface area contributed by atoms with Gasteiger partial charge < -0.3 is 9.47 Å². The van der Waals surface area contributed by atoms with Gasteiger partial charge in [-0.05, 0) is 61.3 Å². The fraction of sp³-hybridized carbons (Fsp3) is 0.400. The highest BCUT2D eigenvalue weighted by Gasteiger charge is 2.27. The molecule has 0 aromatic heterocycles. The van der Waals surface area contributed by atoms with Crippen molar-refractivity contribution in [2.45, 2.75) is 31.6 Å². The third kappa shape index (κ3) is 3.79. The molecule has 1 saturated carbocycles. The van der Waals surface area contributed by atoms with Crippen molar-refractivity contribution < 1.29 is 27.0 Å². The average Bonchev–Trinajstić information content (AvgIpc) is 2.66. The summed E-state index contributed by atoms with van der Waals surface area (Å²) in [6.45, 7) is 0.270. The quantitative estimate of drug-likeness (QED) is 0.639. The lowest BCUT2D eigenvalue weighted by Gasteiger charge is -2.29. The molecule has 0 heterocycles. The molecule has 3 rings (SSSR count). The lowest BCUT2D eigenvalue weighted by atomic mass is 9.79. The molecule has 140 valence electrons. The van der Waals surface area contributed by atoms with Crippen molar-refractivity contribution in [2.75, 3.05) is 13.7 Å². The molecule has 1 aliphatic carbocycles. The zero-order valence-corrected chi connectivity index (χ0v) is 14.4. The lowest BCUT2D eigenvalue weighted by molar-refractivity contribution is 0.191. The van der Waals surface area contributed by atoms with E-state index in [-0.39, 0.29) is 29.9 Å². The molecule has 0 amide bonds. The van der Waals surface area contributed by atoms with Crippen LogP contribution in [0.5, 0.6) is 11.5 Å². The molecule has 0 bridgehead atoms. The molecule has 0 atom stereocenters. The monoisotopic (exact) mass is 368 g/mol. The van der Waals surface area contributed by atoms with E-state index < -0.39 is 23.3 Å². The molecule has 0 aliphatic heterocycles. The summed E-state index contributed by atoms with van der Waals surface area (Å²) in [7, 11) is 1.30. The van der Waals surface area contributed by atoms with Crippen molar-refractivity contribution in [1.82, 2.24) is 0 Å². The fourth-order valence-corrected chi connectivity index (χ4v) is 3.46. The second-order valence-corrected chi connectivity index (χ2v) is 6.57. The Morgan fingerprint density at radius 2 is 1.58 bits per heavy atom. The minimum atomic E-state index is -0.989. The van der Waals surface area contributed by atoms with E-state index in [2.05, 4.69) is 0 Å². The SMILES string of the molecule is COc1ccc(C2CCC(COc3cccc(F)c3F)CC2)c(F)c1F. The lowest BCUT2D eigenvalue weighted by Crippen LogP contribution is -2.20. The number of ether oxygens (including phenoxy) is 2. The Balaban J connectivity index is 1.58. The number of benzene rings is 2. The van der Waals surface area contributed by atoms with Crippen LogP contribution in [0.15, 0.2) is 30.3 Å². The molecule has 2 aromatic carbocycles. The molecule has 26 heavy (non-hydrogen) atoms. The molecule has 2 nitrogen and oxygen atoms in total. The molecule has 0 unspecified atom stereocenters. The molecule has 6 heteroatoms. The van der Waals surface area contributed by atoms with Gasteiger partial charge in [0.05, 0.1) is 13.7 Å². The molecule has 0 saturated heterocycles. The summed E-state index contributed by atoms with van der Waals surface area (Å²) >= 11 is 0. The van der Waals surface area contributed by atoms with E-state index in [0.717, 1.165) is 18.9 Å². The maximum absolute atomic E-state index is 14.2. The van der Waals surface area contributed by atoms with Gasteiger partial charge in [0.2, 0.25) is 11.6 Å². The Morgan fingerprint density at radius 3 is 2.27 bits per heavy atom. The molecule has 0 N–H and O–H groups in total. The highest BCUT2D eigenvalue weighted by Crippen LogP contribution is 2.38. The van der Waals surface area contributed by atoms with Gasteiger partial charge in [-0.1, -0.05) is 12.1 Å². The van der Waals surface area contributed by atoms with Crippen molar-refractivity contribution in [2.24, 2.45) is 5.92 Å². The van der Waals surface area contributed by atoms with Crippen LogP contribution in [0.4, 0.5) is 17.6 Å². The molecule has 1 fully saturated rings. The number of rotatable bonds is 5. The van der Waals surface area contributed by atoms with Crippen LogP contribution >= 0.6 is 0 Å². The Kier molecular flexibility index (Phi) is 5.69. The van der Waals surface area contributed by atoms with E-state index in [1.165, 1.54) is 25.3 Å². The highest BCUT2D eigenvalue weighted by atomic mass is 19.2. The van der Waals surface area contributed by atoms with Crippen molar-refractivity contribution in [1.29, 1.82) is 0 Å². The summed E-state index contributed by atoms with van der Waals surface area (Å²) in [5, 5.41) is 0. The van der Waals surface area contributed by atoms with E-state index in [1.54, 1.807) is 6.07 Å². The van der Waals surface area contributed by atoms with Crippen molar-refractivity contribution in [3.8, 4) is 11.5 Å². The van der Waals surface area contributed by atoms with Crippen LogP contribution in [0.2, 0.25) is 0 Å². The maximum Gasteiger partial charge on any atom is 0.200 e. The van der Waals surface area contributed by atoms with Gasteiger partial charge in [-0.25, -0.2) is 8.78 Å². The Labute approximate surface area is 149 Å². The van der Waals surface area contributed by atoms with Crippen molar-refractivity contribution in [3.05, 3.63) is 59.2 Å². The predicted molar refractivity (Wildman–Crippen MR) is 89.5 cm³/mol. The third-order valence-electron chi connectivity index (χ3n) is 4.97. The molecule has 0 radical (unpaired) electrons. The van der Waals surface area contributed by atoms with Crippen molar-refractivity contribution >= 4 is 0 Å². The van der Waals surface area contributed by atoms with Gasteiger partial charge in [-0.3, -0.25) is 0 Å². The zero-order valence-electron chi connectivity index (χ0n) is 14.4. The number of methoxy groups -OCH3 is 1. The average molecular weight is 368 g/mol. The smallest absolute Gasteiger partial charge is 0.200 e. The molecule has 1 aliphatic rings. The van der Waals surface area contributed by atoms with Crippen LogP contribution in [0, 0.1) is 29.2 Å². The fourth-order valence-electron chi connectivity index (χ4n) is 3.46. The highest BCUT2D eigenvalue weighted by molar-refractivity contribution is 5.33. The number of hydrogen-bond acceptors (Lipinski definition) is 2. The predicted octanol–water partition coefficient (Wildman–Crippen LogP) is 5.60. The third-order valence-corrected chi connectivity index (χ3v) is 4.97. The Morgan fingerprint density at radius 1 is 0.846 bits per heavy atom. The van der Waals surface area contributed by atoms with Gasteiger partial charge in [0.25, 0.3) is 0 Å². The van der Waals surface area contributed by atoms with Crippen LogP contribution in [-0.4, -0.2) is 13.7 Å². The zero-order chi connectivity index (χ0) is 18.7. The summed E-state index contributed by atoms with van der Waals surface area (Å²) in [6, 6.07) is 6.83. The Hall–Kier alpha value is -2.24. The molecule has 2 aromatic rings. The van der Waals surface area contributed by atoms with Gasteiger partial charge in [0.15, 0.2) is 23.1 Å². The second-order valence-electron chi connectivity index (χ2n) is 6.57. The first-order valence-corrected chi connectivity index (χ1v) is 8.60. The summed E-state index contributed by atoms with van der Waals surface area (Å²) in [5.41, 5.74) is 0.360. The van der Waals surface area contributed by atoms with E-state index >= 15 is 0 Å².